The van der Waals surface area contributed by atoms with Crippen LogP contribution in [0.5, 0.6) is 0 Å². The highest BCUT2D eigenvalue weighted by Gasteiger charge is 1.95. The first kappa shape index (κ1) is 8.44. The van der Waals surface area contributed by atoms with Gasteiger partial charge in [0.1, 0.15) is 0 Å². The third-order valence-corrected chi connectivity index (χ3v) is 1.14. The maximum Gasteiger partial charge on any atom is 0.0721 e. The van der Waals surface area contributed by atoms with Crippen LogP contribution in [-0.4, -0.2) is 11.2 Å². The highest BCUT2D eigenvalue weighted by molar-refractivity contribution is 4.90. The van der Waals surface area contributed by atoms with Crippen molar-refractivity contribution in [2.45, 2.75) is 25.9 Å². The molecule has 0 radical (unpaired) electrons. The van der Waals surface area contributed by atoms with E-state index in [4.69, 9.17) is 5.11 Å². The molecular weight excluding hydrogens is 112 g/mol. The summed E-state index contributed by atoms with van der Waals surface area (Å²) >= 11 is 0. The van der Waals surface area contributed by atoms with E-state index in [9.17, 15) is 0 Å². The van der Waals surface area contributed by atoms with Crippen LogP contribution in [0.2, 0.25) is 0 Å². The van der Waals surface area contributed by atoms with E-state index < -0.39 is 0 Å². The van der Waals surface area contributed by atoms with Gasteiger partial charge in [-0.1, -0.05) is 11.6 Å². The van der Waals surface area contributed by atoms with Gasteiger partial charge in [0.15, 0.2) is 0 Å². The van der Waals surface area contributed by atoms with E-state index in [1.807, 2.05) is 6.92 Å². The Labute approximate surface area is 56.7 Å². The van der Waals surface area contributed by atoms with Crippen LogP contribution in [0.3, 0.4) is 0 Å². The van der Waals surface area contributed by atoms with Crippen molar-refractivity contribution in [3.8, 4) is 0 Å². The van der Waals surface area contributed by atoms with E-state index in [-0.39, 0.29) is 6.10 Å². The molecule has 52 valence electrons. The van der Waals surface area contributed by atoms with Gasteiger partial charge >= 0.3 is 0 Å². The second-order valence-corrected chi connectivity index (χ2v) is 2.30. The highest BCUT2D eigenvalue weighted by atomic mass is 16.3. The fraction of sp³-hybridized carbons (Fsp3) is 0.500. The normalized spacial score (nSPS) is 12.7. The minimum absolute atomic E-state index is 0.360. The summed E-state index contributed by atoms with van der Waals surface area (Å²) in [6, 6.07) is 0. The average Bonchev–Trinajstić information content (AvgIpc) is 1.83. The summed E-state index contributed by atoms with van der Waals surface area (Å²) in [5, 5.41) is 8.95. The van der Waals surface area contributed by atoms with Crippen LogP contribution in [0.15, 0.2) is 24.8 Å². The van der Waals surface area contributed by atoms with Gasteiger partial charge in [0.05, 0.1) is 6.10 Å². The maximum atomic E-state index is 8.95. The van der Waals surface area contributed by atoms with Gasteiger partial charge in [0.2, 0.25) is 0 Å². The van der Waals surface area contributed by atoms with Crippen LogP contribution >= 0.6 is 0 Å². The van der Waals surface area contributed by atoms with Crippen LogP contribution < -0.4 is 0 Å². The van der Waals surface area contributed by atoms with Crippen molar-refractivity contribution in [2.24, 2.45) is 0 Å². The molecule has 1 nitrogen and oxygen atoms in total. The monoisotopic (exact) mass is 126 g/mol. The van der Waals surface area contributed by atoms with Gasteiger partial charge in [-0.25, -0.2) is 0 Å². The molecule has 1 N–H and O–H groups in total. The summed E-state index contributed by atoms with van der Waals surface area (Å²) < 4.78 is 0. The molecule has 1 heteroatoms. The predicted molar refractivity (Wildman–Crippen MR) is 40.3 cm³/mol. The van der Waals surface area contributed by atoms with Gasteiger partial charge < -0.3 is 5.11 Å². The van der Waals surface area contributed by atoms with Gasteiger partial charge in [0.25, 0.3) is 0 Å². The van der Waals surface area contributed by atoms with Gasteiger partial charge in [-0.05, 0) is 19.8 Å². The van der Waals surface area contributed by atoms with E-state index in [1.165, 1.54) is 0 Å². The second-order valence-electron chi connectivity index (χ2n) is 2.30. The predicted octanol–water partition coefficient (Wildman–Crippen LogP) is 1.89. The number of rotatable bonds is 4. The molecule has 0 unspecified atom stereocenters. The molecule has 0 amide bonds. The standard InChI is InChI=1S/C8H14O/c1-4-8(9)6-5-7(2)3/h4,8-9H,1-2,5-6H2,3H3/t8-/m1/s1. The molecule has 0 spiro atoms. The first-order chi connectivity index (χ1) is 4.16. The first-order valence-corrected chi connectivity index (χ1v) is 3.12. The lowest BCUT2D eigenvalue weighted by molar-refractivity contribution is 0.213. The number of aliphatic hydroxyl groups excluding tert-OH is 1. The summed E-state index contributed by atoms with van der Waals surface area (Å²) in [5.41, 5.74) is 1.11. The van der Waals surface area contributed by atoms with Crippen molar-refractivity contribution in [3.05, 3.63) is 24.8 Å². The van der Waals surface area contributed by atoms with Crippen LogP contribution in [-0.2, 0) is 0 Å². The second kappa shape index (κ2) is 4.33. The van der Waals surface area contributed by atoms with Crippen LogP contribution in [0.4, 0.5) is 0 Å². The fourth-order valence-corrected chi connectivity index (χ4v) is 0.512. The largest absolute Gasteiger partial charge is 0.389 e. The van der Waals surface area contributed by atoms with Crippen molar-refractivity contribution in [1.82, 2.24) is 0 Å². The molecular formula is C8H14O. The minimum Gasteiger partial charge on any atom is -0.389 e. The van der Waals surface area contributed by atoms with Crippen molar-refractivity contribution in [2.75, 3.05) is 0 Å². The van der Waals surface area contributed by atoms with Crippen molar-refractivity contribution in [3.63, 3.8) is 0 Å². The Hall–Kier alpha value is -0.560. The Morgan fingerprint density at radius 1 is 1.78 bits per heavy atom. The number of hydrogen-bond donors (Lipinski definition) is 1. The lowest BCUT2D eigenvalue weighted by Gasteiger charge is -2.02. The molecule has 0 heterocycles. The SMILES string of the molecule is C=C[C@@H](O)CCC(=C)C. The summed E-state index contributed by atoms with van der Waals surface area (Å²) in [6.07, 6.45) is 2.82. The van der Waals surface area contributed by atoms with Gasteiger partial charge in [-0.3, -0.25) is 0 Å². The van der Waals surface area contributed by atoms with E-state index in [0.717, 1.165) is 18.4 Å². The topological polar surface area (TPSA) is 20.2 Å². The highest BCUT2D eigenvalue weighted by Crippen LogP contribution is 2.04. The van der Waals surface area contributed by atoms with E-state index in [2.05, 4.69) is 13.2 Å². The zero-order valence-electron chi connectivity index (χ0n) is 5.93. The molecule has 0 aliphatic heterocycles. The number of allylic oxidation sites excluding steroid dienone is 1. The van der Waals surface area contributed by atoms with Gasteiger partial charge in [-0.15, -0.1) is 13.2 Å². The van der Waals surface area contributed by atoms with Gasteiger partial charge in [-0.2, -0.15) is 0 Å². The van der Waals surface area contributed by atoms with Crippen LogP contribution in [0.1, 0.15) is 19.8 Å². The van der Waals surface area contributed by atoms with E-state index in [1.54, 1.807) is 6.08 Å². The summed E-state index contributed by atoms with van der Waals surface area (Å²) in [4.78, 5) is 0. The Balaban J connectivity index is 3.26. The number of aliphatic hydroxyl groups is 1. The third kappa shape index (κ3) is 5.31. The fourth-order valence-electron chi connectivity index (χ4n) is 0.512. The molecule has 0 fully saturated rings. The van der Waals surface area contributed by atoms with E-state index in [0.29, 0.717) is 0 Å². The molecule has 0 saturated heterocycles. The average molecular weight is 126 g/mol. The molecule has 0 aromatic rings. The summed E-state index contributed by atoms with van der Waals surface area (Å²) in [6.45, 7) is 9.13. The summed E-state index contributed by atoms with van der Waals surface area (Å²) in [7, 11) is 0. The molecule has 0 rings (SSSR count). The van der Waals surface area contributed by atoms with E-state index >= 15 is 0 Å². The third-order valence-electron chi connectivity index (χ3n) is 1.14. The Morgan fingerprint density at radius 2 is 2.33 bits per heavy atom. The van der Waals surface area contributed by atoms with Crippen LogP contribution in [0.25, 0.3) is 0 Å². The van der Waals surface area contributed by atoms with Crippen molar-refractivity contribution in [1.29, 1.82) is 0 Å². The van der Waals surface area contributed by atoms with Crippen molar-refractivity contribution >= 4 is 0 Å². The first-order valence-electron chi connectivity index (χ1n) is 3.12. The minimum atomic E-state index is -0.360. The molecule has 1 atom stereocenters. The molecule has 0 aliphatic rings. The smallest absolute Gasteiger partial charge is 0.0721 e. The molecule has 0 bridgehead atoms. The van der Waals surface area contributed by atoms with Gasteiger partial charge in [0, 0.05) is 0 Å². The quantitative estimate of drug-likeness (QED) is 0.570. The summed E-state index contributed by atoms with van der Waals surface area (Å²) in [5.74, 6) is 0. The molecule has 0 aromatic carbocycles. The zero-order chi connectivity index (χ0) is 7.28. The zero-order valence-corrected chi connectivity index (χ0v) is 5.93. The molecule has 0 saturated carbocycles. The van der Waals surface area contributed by atoms with Crippen molar-refractivity contribution < 1.29 is 5.11 Å². The molecule has 0 aliphatic carbocycles. The number of hydrogen-bond acceptors (Lipinski definition) is 1. The Bertz CT molecular complexity index is 105. The Kier molecular flexibility index (Phi) is 4.06. The lowest BCUT2D eigenvalue weighted by Crippen LogP contribution is -2.00. The lowest BCUT2D eigenvalue weighted by atomic mass is 10.1. The Morgan fingerprint density at radius 3 is 2.67 bits per heavy atom. The maximum absolute atomic E-state index is 8.95. The molecule has 9 heavy (non-hydrogen) atoms. The molecule has 0 aromatic heterocycles. The van der Waals surface area contributed by atoms with Crippen LogP contribution in [0, 0.1) is 0 Å².